The molecule has 0 saturated heterocycles. The van der Waals surface area contributed by atoms with Crippen LogP contribution in [0.3, 0.4) is 0 Å². The molecule has 0 aliphatic heterocycles. The number of alkyl halides is 2. The summed E-state index contributed by atoms with van der Waals surface area (Å²) in [6.07, 6.45) is 0.877. The number of hydrogen-bond donors (Lipinski definition) is 1. The summed E-state index contributed by atoms with van der Waals surface area (Å²) in [4.78, 5) is 11.8. The van der Waals surface area contributed by atoms with Crippen molar-refractivity contribution < 1.29 is 18.3 Å². The molecular formula is C17H16BrF2NO2. The molecule has 0 spiro atoms. The van der Waals surface area contributed by atoms with Gasteiger partial charge >= 0.3 is 6.61 Å². The minimum atomic E-state index is -2.83. The summed E-state index contributed by atoms with van der Waals surface area (Å²) in [5.41, 5.74) is 1.91. The van der Waals surface area contributed by atoms with Crippen LogP contribution in [-0.4, -0.2) is 12.5 Å². The minimum absolute atomic E-state index is 0.0575. The zero-order chi connectivity index (χ0) is 16.7. The van der Waals surface area contributed by atoms with Gasteiger partial charge in [-0.1, -0.05) is 40.2 Å². The summed E-state index contributed by atoms with van der Waals surface area (Å²) in [7, 11) is 0. The van der Waals surface area contributed by atoms with Crippen LogP contribution in [0.1, 0.15) is 17.5 Å². The Morgan fingerprint density at radius 1 is 1.13 bits per heavy atom. The first-order chi connectivity index (χ1) is 11.0. The quantitative estimate of drug-likeness (QED) is 0.773. The van der Waals surface area contributed by atoms with E-state index in [0.29, 0.717) is 19.4 Å². The summed E-state index contributed by atoms with van der Waals surface area (Å²) in [5, 5.41) is 2.85. The molecule has 0 unspecified atom stereocenters. The summed E-state index contributed by atoms with van der Waals surface area (Å²) in [6, 6.07) is 14.0. The lowest BCUT2D eigenvalue weighted by molar-refractivity contribution is -0.121. The van der Waals surface area contributed by atoms with E-state index in [9.17, 15) is 13.6 Å². The second-order valence-electron chi connectivity index (χ2n) is 4.93. The number of halogens is 3. The molecule has 3 nitrogen and oxygen atoms in total. The van der Waals surface area contributed by atoms with E-state index in [4.69, 9.17) is 0 Å². The lowest BCUT2D eigenvalue weighted by Crippen LogP contribution is -2.22. The van der Waals surface area contributed by atoms with E-state index in [2.05, 4.69) is 26.0 Å². The molecule has 1 amide bonds. The van der Waals surface area contributed by atoms with Gasteiger partial charge in [-0.25, -0.2) is 0 Å². The second kappa shape index (κ2) is 8.62. The molecule has 0 heterocycles. The maximum Gasteiger partial charge on any atom is 0.387 e. The van der Waals surface area contributed by atoms with Crippen molar-refractivity contribution in [2.75, 3.05) is 0 Å². The van der Waals surface area contributed by atoms with E-state index in [1.807, 2.05) is 24.3 Å². The van der Waals surface area contributed by atoms with E-state index in [0.717, 1.165) is 15.6 Å². The van der Waals surface area contributed by atoms with Crippen LogP contribution in [0.2, 0.25) is 0 Å². The Bertz CT molecular complexity index is 647. The van der Waals surface area contributed by atoms with Gasteiger partial charge < -0.3 is 10.1 Å². The number of nitrogens with one attached hydrogen (secondary N) is 1. The number of ether oxygens (including phenoxy) is 1. The molecule has 0 atom stereocenters. The van der Waals surface area contributed by atoms with Gasteiger partial charge in [0.1, 0.15) is 5.75 Å². The van der Waals surface area contributed by atoms with Gasteiger partial charge in [0, 0.05) is 17.4 Å². The number of benzene rings is 2. The Morgan fingerprint density at radius 3 is 2.52 bits per heavy atom. The fourth-order valence-corrected chi connectivity index (χ4v) is 2.48. The van der Waals surface area contributed by atoms with Gasteiger partial charge in [-0.3, -0.25) is 4.79 Å². The van der Waals surface area contributed by atoms with Gasteiger partial charge in [0.05, 0.1) is 0 Å². The third-order valence-corrected chi connectivity index (χ3v) is 3.66. The topological polar surface area (TPSA) is 38.3 Å². The van der Waals surface area contributed by atoms with Gasteiger partial charge in [0.25, 0.3) is 0 Å². The Balaban J connectivity index is 1.75. The SMILES string of the molecule is O=C(CCc1ccc(OC(F)F)cc1)NCc1cccc(Br)c1. The van der Waals surface area contributed by atoms with Crippen molar-refractivity contribution in [1.82, 2.24) is 5.32 Å². The highest BCUT2D eigenvalue weighted by atomic mass is 79.9. The molecule has 0 saturated carbocycles. The van der Waals surface area contributed by atoms with Gasteiger partial charge in [-0.05, 0) is 41.8 Å². The maximum absolute atomic E-state index is 12.0. The maximum atomic E-state index is 12.0. The molecule has 0 aliphatic carbocycles. The molecule has 0 bridgehead atoms. The van der Waals surface area contributed by atoms with Crippen molar-refractivity contribution in [3.63, 3.8) is 0 Å². The Hall–Kier alpha value is -1.95. The highest BCUT2D eigenvalue weighted by Gasteiger charge is 2.05. The normalized spacial score (nSPS) is 10.6. The molecule has 0 fully saturated rings. The second-order valence-corrected chi connectivity index (χ2v) is 5.84. The van der Waals surface area contributed by atoms with Gasteiger partial charge in [0.2, 0.25) is 5.91 Å². The minimum Gasteiger partial charge on any atom is -0.435 e. The molecule has 0 aliphatic rings. The largest absolute Gasteiger partial charge is 0.435 e. The van der Waals surface area contributed by atoms with Gasteiger partial charge in [0.15, 0.2) is 0 Å². The number of rotatable bonds is 7. The Labute approximate surface area is 141 Å². The van der Waals surface area contributed by atoms with Crippen LogP contribution in [0.5, 0.6) is 5.75 Å². The standard InChI is InChI=1S/C17H16BrF2NO2/c18-14-3-1-2-13(10-14)11-21-16(22)9-6-12-4-7-15(8-5-12)23-17(19)20/h1-5,7-8,10,17H,6,9,11H2,(H,21,22). The summed E-state index contributed by atoms with van der Waals surface area (Å²) < 4.78 is 29.3. The molecule has 0 aromatic heterocycles. The van der Waals surface area contributed by atoms with Crippen LogP contribution < -0.4 is 10.1 Å². The molecule has 23 heavy (non-hydrogen) atoms. The zero-order valence-electron chi connectivity index (χ0n) is 12.3. The molecule has 2 rings (SSSR count). The first kappa shape index (κ1) is 17.4. The van der Waals surface area contributed by atoms with Crippen LogP contribution in [0.4, 0.5) is 8.78 Å². The highest BCUT2D eigenvalue weighted by Crippen LogP contribution is 2.16. The van der Waals surface area contributed by atoms with Crippen LogP contribution in [0.25, 0.3) is 0 Å². The van der Waals surface area contributed by atoms with E-state index < -0.39 is 6.61 Å². The summed E-state index contributed by atoms with van der Waals surface area (Å²) in [5.74, 6) is 0.0562. The van der Waals surface area contributed by atoms with Crippen LogP contribution in [0.15, 0.2) is 53.0 Å². The van der Waals surface area contributed by atoms with E-state index in [-0.39, 0.29) is 11.7 Å². The fourth-order valence-electron chi connectivity index (χ4n) is 2.03. The Kier molecular flexibility index (Phi) is 6.52. The van der Waals surface area contributed by atoms with Gasteiger partial charge in [-0.2, -0.15) is 8.78 Å². The third-order valence-electron chi connectivity index (χ3n) is 3.17. The van der Waals surface area contributed by atoms with Crippen molar-refractivity contribution >= 4 is 21.8 Å². The monoisotopic (exact) mass is 383 g/mol. The smallest absolute Gasteiger partial charge is 0.387 e. The molecule has 2 aromatic carbocycles. The molecule has 2 aromatic rings. The van der Waals surface area contributed by atoms with Gasteiger partial charge in [-0.15, -0.1) is 0 Å². The first-order valence-corrected chi connectivity index (χ1v) is 7.87. The number of aryl methyl sites for hydroxylation is 1. The van der Waals surface area contributed by atoms with Crippen LogP contribution in [-0.2, 0) is 17.8 Å². The molecular weight excluding hydrogens is 368 g/mol. The van der Waals surface area contributed by atoms with Crippen LogP contribution in [0, 0.1) is 0 Å². The predicted molar refractivity (Wildman–Crippen MR) is 87.4 cm³/mol. The molecule has 6 heteroatoms. The lowest BCUT2D eigenvalue weighted by Gasteiger charge is -2.07. The number of carbonyl (C=O) groups is 1. The number of amides is 1. The third kappa shape index (κ3) is 6.36. The molecule has 1 N–H and O–H groups in total. The summed E-state index contributed by atoms with van der Waals surface area (Å²) in [6.45, 7) is -2.36. The van der Waals surface area contributed by atoms with E-state index >= 15 is 0 Å². The van der Waals surface area contributed by atoms with Crippen molar-refractivity contribution in [3.8, 4) is 5.75 Å². The van der Waals surface area contributed by atoms with Crippen LogP contribution >= 0.6 is 15.9 Å². The zero-order valence-corrected chi connectivity index (χ0v) is 13.9. The lowest BCUT2D eigenvalue weighted by atomic mass is 10.1. The first-order valence-electron chi connectivity index (χ1n) is 7.08. The molecule has 0 radical (unpaired) electrons. The van der Waals surface area contributed by atoms with Crippen molar-refractivity contribution in [1.29, 1.82) is 0 Å². The average molecular weight is 384 g/mol. The van der Waals surface area contributed by atoms with Crippen molar-refractivity contribution in [3.05, 3.63) is 64.1 Å². The Morgan fingerprint density at radius 2 is 1.87 bits per heavy atom. The number of carbonyl (C=O) groups excluding carboxylic acids is 1. The highest BCUT2D eigenvalue weighted by molar-refractivity contribution is 9.10. The van der Waals surface area contributed by atoms with Crippen molar-refractivity contribution in [2.24, 2.45) is 0 Å². The predicted octanol–water partition coefficient (Wildman–Crippen LogP) is 4.30. The fraction of sp³-hybridized carbons (Fsp3) is 0.235. The van der Waals surface area contributed by atoms with Crippen molar-refractivity contribution in [2.45, 2.75) is 26.0 Å². The number of hydrogen-bond acceptors (Lipinski definition) is 2. The van der Waals surface area contributed by atoms with E-state index in [1.54, 1.807) is 12.1 Å². The van der Waals surface area contributed by atoms with E-state index in [1.165, 1.54) is 12.1 Å². The molecule has 122 valence electrons. The average Bonchev–Trinajstić information content (AvgIpc) is 2.52. The summed E-state index contributed by atoms with van der Waals surface area (Å²) >= 11 is 3.38.